The number of carbonyl (C=O) groups excluding carboxylic acids is 2. The molecule has 1 aliphatic rings. The molecule has 1 aromatic carbocycles. The van der Waals surface area contributed by atoms with Gasteiger partial charge in [-0.15, -0.1) is 13.2 Å². The quantitative estimate of drug-likeness (QED) is 0.585. The van der Waals surface area contributed by atoms with Crippen molar-refractivity contribution in [3.05, 3.63) is 29.3 Å². The molecular weight excluding hydrogens is 375 g/mol. The highest BCUT2D eigenvalue weighted by Crippen LogP contribution is 2.40. The molecule has 0 aromatic heterocycles. The Hall–Kier alpha value is -2.76. The van der Waals surface area contributed by atoms with Gasteiger partial charge in [0.2, 0.25) is 11.8 Å². The number of rotatable bonds is 6. The first-order chi connectivity index (χ1) is 13.1. The summed E-state index contributed by atoms with van der Waals surface area (Å²) in [4.78, 5) is 25.5. The predicted molar refractivity (Wildman–Crippen MR) is 94.0 cm³/mol. The average Bonchev–Trinajstić information content (AvgIpc) is 2.64. The highest BCUT2D eigenvalue weighted by Gasteiger charge is 2.37. The van der Waals surface area contributed by atoms with Crippen LogP contribution in [0, 0.1) is 17.4 Å². The van der Waals surface area contributed by atoms with Gasteiger partial charge in [-0.1, -0.05) is 38.2 Å². The van der Waals surface area contributed by atoms with Gasteiger partial charge in [0.25, 0.3) is 0 Å². The summed E-state index contributed by atoms with van der Waals surface area (Å²) >= 11 is 0. The van der Waals surface area contributed by atoms with Gasteiger partial charge in [-0.25, -0.2) is 0 Å². The van der Waals surface area contributed by atoms with E-state index >= 15 is 0 Å². The molecule has 0 aliphatic heterocycles. The summed E-state index contributed by atoms with van der Waals surface area (Å²) in [5.74, 6) is -3.37. The number of nitrogens with two attached hydrogens (primary N) is 1. The molecule has 0 radical (unpaired) electrons. The average molecular weight is 397 g/mol. The number of nitrogens with zero attached hydrogens (tertiary/aromatic N) is 2. The Morgan fingerprint density at radius 1 is 1.32 bits per heavy atom. The number of benzene rings is 1. The lowest BCUT2D eigenvalue weighted by Crippen LogP contribution is -2.32. The maximum Gasteiger partial charge on any atom is 0.573 e. The Kier molecular flexibility index (Phi) is 6.89. The number of nitriles is 1. The van der Waals surface area contributed by atoms with Gasteiger partial charge in [0.15, 0.2) is 6.19 Å². The number of carbonyl (C=O) groups is 2. The zero-order valence-corrected chi connectivity index (χ0v) is 15.5. The lowest BCUT2D eigenvalue weighted by Gasteiger charge is -2.29. The second-order valence-corrected chi connectivity index (χ2v) is 6.92. The number of likely N-dealkylation sites (N-methyl/N-ethyl adjacent to an activating group) is 1. The first-order valence-corrected chi connectivity index (χ1v) is 8.99. The molecule has 2 rings (SSSR count). The molecule has 6 nitrogen and oxygen atoms in total. The van der Waals surface area contributed by atoms with Crippen LogP contribution in [0.1, 0.15) is 60.4 Å². The molecule has 28 heavy (non-hydrogen) atoms. The first-order valence-electron chi connectivity index (χ1n) is 8.99. The van der Waals surface area contributed by atoms with Crippen molar-refractivity contribution in [1.29, 1.82) is 5.26 Å². The molecule has 0 bridgehead atoms. The number of alkyl halides is 3. The lowest BCUT2D eigenvalue weighted by molar-refractivity contribution is -0.275. The smallest absolute Gasteiger partial charge is 0.405 e. The van der Waals surface area contributed by atoms with E-state index in [1.54, 1.807) is 6.19 Å². The summed E-state index contributed by atoms with van der Waals surface area (Å²) in [6, 6.07) is 3.51. The highest BCUT2D eigenvalue weighted by atomic mass is 19.4. The minimum Gasteiger partial charge on any atom is -0.405 e. The summed E-state index contributed by atoms with van der Waals surface area (Å²) in [5.41, 5.74) is 4.92. The third kappa shape index (κ3) is 5.38. The number of hydrogen-bond donors (Lipinski definition) is 1. The van der Waals surface area contributed by atoms with Gasteiger partial charge in [-0.3, -0.25) is 14.5 Å². The zero-order valence-electron chi connectivity index (χ0n) is 15.5. The number of ether oxygens (including phenoxy) is 1. The van der Waals surface area contributed by atoms with Crippen molar-refractivity contribution in [3.8, 4) is 11.9 Å². The van der Waals surface area contributed by atoms with Gasteiger partial charge in [0.05, 0.1) is 5.92 Å². The van der Waals surface area contributed by atoms with Gasteiger partial charge in [0.1, 0.15) is 5.75 Å². The minimum absolute atomic E-state index is 0.0921. The molecule has 1 atom stereocenters. The third-order valence-electron chi connectivity index (χ3n) is 4.98. The minimum atomic E-state index is -5.01. The fourth-order valence-electron chi connectivity index (χ4n) is 3.71. The molecule has 152 valence electrons. The monoisotopic (exact) mass is 397 g/mol. The van der Waals surface area contributed by atoms with Gasteiger partial charge < -0.3 is 10.5 Å². The van der Waals surface area contributed by atoms with E-state index in [2.05, 4.69) is 4.74 Å². The predicted octanol–water partition coefficient (Wildman–Crippen LogP) is 3.68. The lowest BCUT2D eigenvalue weighted by atomic mass is 9.78. The topological polar surface area (TPSA) is 96.4 Å². The van der Waals surface area contributed by atoms with Crippen LogP contribution in [0.5, 0.6) is 5.75 Å². The van der Waals surface area contributed by atoms with Crippen molar-refractivity contribution in [2.24, 2.45) is 11.7 Å². The molecule has 1 aromatic rings. The summed E-state index contributed by atoms with van der Waals surface area (Å²) in [6.45, 7) is 0. The zero-order chi connectivity index (χ0) is 20.9. The molecular formula is C19H22F3N3O3. The molecule has 1 saturated carbocycles. The van der Waals surface area contributed by atoms with Crippen LogP contribution in [0.4, 0.5) is 13.2 Å². The second-order valence-electron chi connectivity index (χ2n) is 6.92. The number of hydrogen-bond acceptors (Lipinski definition) is 4. The van der Waals surface area contributed by atoms with Crippen LogP contribution in [0.15, 0.2) is 18.2 Å². The third-order valence-corrected chi connectivity index (χ3v) is 4.98. The second kappa shape index (κ2) is 8.95. The van der Waals surface area contributed by atoms with E-state index < -0.39 is 29.8 Å². The molecule has 0 spiro atoms. The molecule has 2 N–H and O–H groups in total. The normalized spacial score (nSPS) is 16.1. The van der Waals surface area contributed by atoms with Crippen molar-refractivity contribution < 1.29 is 27.5 Å². The van der Waals surface area contributed by atoms with Gasteiger partial charge in [-0.2, -0.15) is 5.26 Å². The van der Waals surface area contributed by atoms with E-state index in [1.807, 2.05) is 0 Å². The van der Waals surface area contributed by atoms with Crippen molar-refractivity contribution in [1.82, 2.24) is 4.90 Å². The van der Waals surface area contributed by atoms with Crippen LogP contribution in [0.2, 0.25) is 0 Å². The SMILES string of the molecule is CN(C#N)C(=O)[C@@H](CC1CCCCC1)c1c(OC(F)(F)F)cccc1C(N)=O. The van der Waals surface area contributed by atoms with E-state index in [0.717, 1.165) is 43.1 Å². The molecule has 0 unspecified atom stereocenters. The molecule has 2 amide bonds. The largest absolute Gasteiger partial charge is 0.573 e. The van der Waals surface area contributed by atoms with E-state index in [4.69, 9.17) is 11.0 Å². The van der Waals surface area contributed by atoms with Crippen LogP contribution in [0.25, 0.3) is 0 Å². The van der Waals surface area contributed by atoms with Crippen molar-refractivity contribution in [2.45, 2.75) is 50.8 Å². The van der Waals surface area contributed by atoms with Crippen LogP contribution in [-0.4, -0.2) is 30.1 Å². The number of primary amides is 1. The Labute approximate surface area is 161 Å². The summed E-state index contributed by atoms with van der Waals surface area (Å²) in [6.07, 6.45) is 1.52. The highest BCUT2D eigenvalue weighted by molar-refractivity contribution is 5.98. The molecule has 9 heteroatoms. The molecule has 1 fully saturated rings. The summed E-state index contributed by atoms with van der Waals surface area (Å²) < 4.78 is 42.8. The Morgan fingerprint density at radius 2 is 1.96 bits per heavy atom. The Bertz CT molecular complexity index is 768. The summed E-state index contributed by atoms with van der Waals surface area (Å²) in [7, 11) is 1.23. The van der Waals surface area contributed by atoms with Crippen LogP contribution in [-0.2, 0) is 4.79 Å². The summed E-state index contributed by atoms with van der Waals surface area (Å²) in [5, 5.41) is 9.09. The fraction of sp³-hybridized carbons (Fsp3) is 0.526. The van der Waals surface area contributed by atoms with Gasteiger partial charge in [-0.05, 0) is 24.5 Å². The maximum atomic E-state index is 12.9. The van der Waals surface area contributed by atoms with E-state index in [-0.39, 0.29) is 23.5 Å². The Morgan fingerprint density at radius 3 is 2.50 bits per heavy atom. The number of halogens is 3. The van der Waals surface area contributed by atoms with E-state index in [9.17, 15) is 22.8 Å². The maximum absolute atomic E-state index is 12.9. The standard InChI is InChI=1S/C19H22F3N3O3/c1-25(11-23)18(27)14(10-12-6-3-2-4-7-12)16-13(17(24)26)8-5-9-15(16)28-19(20,21)22/h5,8-9,12,14H,2-4,6-7,10H2,1H3,(H2,24,26)/t14-/m0/s1. The van der Waals surface area contributed by atoms with Crippen LogP contribution >= 0.6 is 0 Å². The van der Waals surface area contributed by atoms with Crippen LogP contribution in [0.3, 0.4) is 0 Å². The fourth-order valence-corrected chi connectivity index (χ4v) is 3.71. The number of amides is 2. The molecule has 1 aliphatic carbocycles. The van der Waals surface area contributed by atoms with E-state index in [1.165, 1.54) is 19.2 Å². The van der Waals surface area contributed by atoms with E-state index in [0.29, 0.717) is 0 Å². The molecule has 0 heterocycles. The first kappa shape index (κ1) is 21.5. The van der Waals surface area contributed by atoms with Crippen molar-refractivity contribution in [2.75, 3.05) is 7.05 Å². The van der Waals surface area contributed by atoms with Gasteiger partial charge in [0, 0.05) is 18.2 Å². The van der Waals surface area contributed by atoms with Gasteiger partial charge >= 0.3 is 6.36 Å². The van der Waals surface area contributed by atoms with Crippen molar-refractivity contribution in [3.63, 3.8) is 0 Å². The Balaban J connectivity index is 2.57. The van der Waals surface area contributed by atoms with Crippen molar-refractivity contribution >= 4 is 11.8 Å². The van der Waals surface area contributed by atoms with Crippen LogP contribution < -0.4 is 10.5 Å². The molecule has 0 saturated heterocycles.